The van der Waals surface area contributed by atoms with Crippen LogP contribution in [0.25, 0.3) is 5.69 Å². The molecule has 0 aliphatic heterocycles. The maximum absolute atomic E-state index is 12.5. The van der Waals surface area contributed by atoms with E-state index in [9.17, 15) is 13.2 Å². The molecule has 0 bridgehead atoms. The van der Waals surface area contributed by atoms with Crippen LogP contribution in [-0.2, 0) is 6.18 Å². The Morgan fingerprint density at radius 2 is 1.75 bits per heavy atom. The molecule has 0 saturated heterocycles. The zero-order chi connectivity index (χ0) is 11.8. The number of rotatable bonds is 1. The molecule has 0 unspecified atom stereocenters. The molecular weight excluding hydrogens is 245 g/mol. The lowest BCUT2D eigenvalue weighted by Crippen LogP contribution is -2.14. The van der Waals surface area contributed by atoms with E-state index in [0.29, 0.717) is 9.70 Å². The molecule has 0 aliphatic rings. The topological polar surface area (TPSA) is 43.6 Å². The summed E-state index contributed by atoms with van der Waals surface area (Å²) in [5, 5.41) is 9.62. The second kappa shape index (κ2) is 3.75. The van der Waals surface area contributed by atoms with Crippen molar-refractivity contribution in [3.05, 3.63) is 35.1 Å². The van der Waals surface area contributed by atoms with Crippen molar-refractivity contribution in [3.8, 4) is 5.69 Å². The van der Waals surface area contributed by atoms with Crippen LogP contribution in [0.1, 0.15) is 5.82 Å². The Labute approximate surface area is 92.6 Å². The van der Waals surface area contributed by atoms with Crippen molar-refractivity contribution in [1.82, 2.24) is 20.2 Å². The quantitative estimate of drug-likeness (QED) is 0.778. The van der Waals surface area contributed by atoms with Crippen molar-refractivity contribution in [1.29, 1.82) is 0 Å². The van der Waals surface area contributed by atoms with Gasteiger partial charge in [-0.15, -0.1) is 5.10 Å². The number of hydrogen-bond acceptors (Lipinski definition) is 3. The van der Waals surface area contributed by atoms with E-state index in [1.54, 1.807) is 0 Å². The number of benzene rings is 1. The Morgan fingerprint density at radius 1 is 1.12 bits per heavy atom. The second-order valence-corrected chi connectivity index (χ2v) is 3.32. The van der Waals surface area contributed by atoms with Crippen molar-refractivity contribution < 1.29 is 13.2 Å². The summed E-state index contributed by atoms with van der Waals surface area (Å²) in [7, 11) is 0. The fraction of sp³-hybridized carbons (Fsp3) is 0.125. The van der Waals surface area contributed by atoms with E-state index in [1.807, 2.05) is 0 Å². The molecule has 0 spiro atoms. The molecular formula is C8H4ClF3N4. The van der Waals surface area contributed by atoms with Gasteiger partial charge in [-0.25, -0.2) is 0 Å². The van der Waals surface area contributed by atoms with Crippen molar-refractivity contribution in [3.63, 3.8) is 0 Å². The van der Waals surface area contributed by atoms with Gasteiger partial charge in [0.05, 0.1) is 5.69 Å². The normalized spacial score (nSPS) is 11.8. The van der Waals surface area contributed by atoms with E-state index >= 15 is 0 Å². The largest absolute Gasteiger partial charge is 0.453 e. The van der Waals surface area contributed by atoms with Crippen molar-refractivity contribution in [2.75, 3.05) is 0 Å². The van der Waals surface area contributed by atoms with Crippen LogP contribution < -0.4 is 0 Å². The second-order valence-electron chi connectivity index (χ2n) is 2.89. The van der Waals surface area contributed by atoms with E-state index in [0.717, 1.165) is 0 Å². The molecule has 0 N–H and O–H groups in total. The summed E-state index contributed by atoms with van der Waals surface area (Å²) in [6.07, 6.45) is -4.59. The van der Waals surface area contributed by atoms with Crippen LogP contribution in [-0.4, -0.2) is 20.2 Å². The van der Waals surface area contributed by atoms with Gasteiger partial charge >= 0.3 is 6.18 Å². The number of hydrogen-bond donors (Lipinski definition) is 0. The molecule has 4 nitrogen and oxygen atoms in total. The molecule has 84 valence electrons. The minimum atomic E-state index is -4.59. The molecule has 8 heteroatoms. The molecule has 1 heterocycles. The molecule has 2 aromatic rings. The van der Waals surface area contributed by atoms with Crippen molar-refractivity contribution in [2.45, 2.75) is 6.18 Å². The van der Waals surface area contributed by atoms with Gasteiger partial charge < -0.3 is 0 Å². The Morgan fingerprint density at radius 3 is 2.31 bits per heavy atom. The predicted octanol–water partition coefficient (Wildman–Crippen LogP) is 2.33. The average Bonchev–Trinajstić information content (AvgIpc) is 2.66. The lowest BCUT2D eigenvalue weighted by Gasteiger charge is -2.06. The highest BCUT2D eigenvalue weighted by Crippen LogP contribution is 2.28. The standard InChI is InChI=1S/C8H4ClF3N4/c9-5-1-3-6(4-2-5)16-7(8(10,11)12)13-14-15-16/h1-4H. The Balaban J connectivity index is 2.49. The fourth-order valence-electron chi connectivity index (χ4n) is 1.12. The lowest BCUT2D eigenvalue weighted by atomic mass is 10.3. The summed E-state index contributed by atoms with van der Waals surface area (Å²) in [5.74, 6) is -1.17. The highest BCUT2D eigenvalue weighted by molar-refractivity contribution is 6.30. The number of aromatic nitrogens is 4. The van der Waals surface area contributed by atoms with E-state index < -0.39 is 12.0 Å². The third-order valence-electron chi connectivity index (χ3n) is 1.79. The van der Waals surface area contributed by atoms with E-state index in [2.05, 4.69) is 15.5 Å². The highest BCUT2D eigenvalue weighted by atomic mass is 35.5. The molecule has 0 radical (unpaired) electrons. The molecule has 0 fully saturated rings. The molecule has 1 aromatic heterocycles. The molecule has 0 aliphatic carbocycles. The Kier molecular flexibility index (Phi) is 2.55. The van der Waals surface area contributed by atoms with Gasteiger partial charge in [-0.3, -0.25) is 0 Å². The zero-order valence-corrected chi connectivity index (χ0v) is 8.37. The van der Waals surface area contributed by atoms with E-state index in [4.69, 9.17) is 11.6 Å². The maximum Gasteiger partial charge on any atom is 0.453 e. The number of alkyl halides is 3. The summed E-state index contributed by atoms with van der Waals surface area (Å²) >= 11 is 5.62. The van der Waals surface area contributed by atoms with Gasteiger partial charge in [-0.1, -0.05) is 11.6 Å². The van der Waals surface area contributed by atoms with Crippen LogP contribution in [0.3, 0.4) is 0 Å². The summed E-state index contributed by atoms with van der Waals surface area (Å²) < 4.78 is 38.0. The summed E-state index contributed by atoms with van der Waals surface area (Å²) in [4.78, 5) is 0. The minimum Gasteiger partial charge on any atom is -0.189 e. The molecule has 0 amide bonds. The third kappa shape index (κ3) is 1.99. The molecule has 0 saturated carbocycles. The summed E-state index contributed by atoms with van der Waals surface area (Å²) in [6.45, 7) is 0. The fourth-order valence-corrected chi connectivity index (χ4v) is 1.25. The predicted molar refractivity (Wildman–Crippen MR) is 49.2 cm³/mol. The van der Waals surface area contributed by atoms with E-state index in [-0.39, 0.29) is 5.69 Å². The molecule has 2 rings (SSSR count). The van der Waals surface area contributed by atoms with Crippen molar-refractivity contribution >= 4 is 11.6 Å². The molecule has 16 heavy (non-hydrogen) atoms. The van der Waals surface area contributed by atoms with Gasteiger partial charge in [-0.05, 0) is 34.7 Å². The summed E-state index contributed by atoms with van der Waals surface area (Å²) in [6, 6.07) is 5.71. The van der Waals surface area contributed by atoms with Crippen LogP contribution in [0.4, 0.5) is 13.2 Å². The third-order valence-corrected chi connectivity index (χ3v) is 2.05. The van der Waals surface area contributed by atoms with Crippen LogP contribution >= 0.6 is 11.6 Å². The first-order valence-corrected chi connectivity index (χ1v) is 4.48. The van der Waals surface area contributed by atoms with Gasteiger partial charge in [0, 0.05) is 5.02 Å². The van der Waals surface area contributed by atoms with Crippen molar-refractivity contribution in [2.24, 2.45) is 0 Å². The van der Waals surface area contributed by atoms with E-state index in [1.165, 1.54) is 24.3 Å². The van der Waals surface area contributed by atoms with Crippen LogP contribution in [0.15, 0.2) is 24.3 Å². The number of tetrazole rings is 1. The summed E-state index contributed by atoms with van der Waals surface area (Å²) in [5.41, 5.74) is 0.196. The first kappa shape index (κ1) is 10.9. The van der Waals surface area contributed by atoms with Gasteiger partial charge in [0.1, 0.15) is 0 Å². The first-order valence-electron chi connectivity index (χ1n) is 4.10. The Bertz CT molecular complexity index is 491. The molecule has 1 aromatic carbocycles. The smallest absolute Gasteiger partial charge is 0.189 e. The van der Waals surface area contributed by atoms with Crippen LogP contribution in [0.2, 0.25) is 5.02 Å². The lowest BCUT2D eigenvalue weighted by molar-refractivity contribution is -0.146. The van der Waals surface area contributed by atoms with Crippen LogP contribution in [0, 0.1) is 0 Å². The first-order chi connectivity index (χ1) is 7.48. The Hall–Kier alpha value is -1.63. The monoisotopic (exact) mass is 248 g/mol. The van der Waals surface area contributed by atoms with Gasteiger partial charge in [0.15, 0.2) is 0 Å². The van der Waals surface area contributed by atoms with Gasteiger partial charge in [0.2, 0.25) is 0 Å². The minimum absolute atomic E-state index is 0.196. The zero-order valence-electron chi connectivity index (χ0n) is 7.61. The maximum atomic E-state index is 12.5. The van der Waals surface area contributed by atoms with Gasteiger partial charge in [0.25, 0.3) is 5.82 Å². The average molecular weight is 249 g/mol. The molecule has 0 atom stereocenters. The van der Waals surface area contributed by atoms with Crippen LogP contribution in [0.5, 0.6) is 0 Å². The number of halogens is 4. The SMILES string of the molecule is FC(F)(F)c1nnnn1-c1ccc(Cl)cc1. The van der Waals surface area contributed by atoms with Gasteiger partial charge in [-0.2, -0.15) is 17.9 Å². The number of nitrogens with zero attached hydrogens (tertiary/aromatic N) is 4. The highest BCUT2D eigenvalue weighted by Gasteiger charge is 2.38.